The van der Waals surface area contributed by atoms with Gasteiger partial charge in [-0.25, -0.2) is 4.90 Å². The molecule has 2 N–H and O–H groups in total. The van der Waals surface area contributed by atoms with Crippen LogP contribution in [0.3, 0.4) is 0 Å². The molecule has 1 heterocycles. The molecule has 0 atom stereocenters. The number of hydrogen-bond donors (Lipinski definition) is 1. The van der Waals surface area contributed by atoms with Gasteiger partial charge in [0.1, 0.15) is 4.99 Å². The summed E-state index contributed by atoms with van der Waals surface area (Å²) < 4.78 is 0. The summed E-state index contributed by atoms with van der Waals surface area (Å²) in [4.78, 5) is 27.3. The van der Waals surface area contributed by atoms with Gasteiger partial charge in [0.2, 0.25) is 0 Å². The van der Waals surface area contributed by atoms with E-state index in [1.165, 1.54) is 4.90 Å². The summed E-state index contributed by atoms with van der Waals surface area (Å²) in [6, 6.07) is 1.87. The van der Waals surface area contributed by atoms with Crippen LogP contribution in [-0.4, -0.2) is 16.8 Å². The highest BCUT2D eigenvalue weighted by atomic mass is 32.1. The van der Waals surface area contributed by atoms with Crippen molar-refractivity contribution in [3.05, 3.63) is 39.5 Å². The Balaban J connectivity index is 2.14. The summed E-state index contributed by atoms with van der Waals surface area (Å²) in [6.07, 6.45) is 3.36. The first-order valence-electron chi connectivity index (χ1n) is 7.86. The monoisotopic (exact) mass is 328 g/mol. The zero-order valence-corrected chi connectivity index (χ0v) is 14.5. The molecule has 0 aromatic heterocycles. The molecule has 4 nitrogen and oxygen atoms in total. The number of aryl methyl sites for hydroxylation is 1. The summed E-state index contributed by atoms with van der Waals surface area (Å²) >= 11 is 5.10. The van der Waals surface area contributed by atoms with Crippen molar-refractivity contribution in [2.75, 3.05) is 4.90 Å². The molecule has 0 saturated heterocycles. The first kappa shape index (κ1) is 15.9. The molecule has 1 aliphatic heterocycles. The van der Waals surface area contributed by atoms with Crippen molar-refractivity contribution in [3.63, 3.8) is 0 Å². The zero-order chi connectivity index (χ0) is 16.9. The molecule has 2 amide bonds. The number of carbonyl (C=O) groups is 2. The maximum absolute atomic E-state index is 12.8. The number of benzene rings is 1. The van der Waals surface area contributed by atoms with Gasteiger partial charge in [-0.2, -0.15) is 0 Å². The highest BCUT2D eigenvalue weighted by Crippen LogP contribution is 2.39. The average Bonchev–Trinajstić information content (AvgIpc) is 2.76. The highest BCUT2D eigenvalue weighted by molar-refractivity contribution is 7.80. The van der Waals surface area contributed by atoms with Crippen molar-refractivity contribution in [1.82, 2.24) is 0 Å². The molecule has 0 spiro atoms. The summed E-state index contributed by atoms with van der Waals surface area (Å²) in [7, 11) is 0. The molecule has 120 valence electrons. The maximum atomic E-state index is 12.8. The quantitative estimate of drug-likeness (QED) is 0.669. The van der Waals surface area contributed by atoms with Crippen LogP contribution in [0, 0.1) is 20.8 Å². The molecule has 1 aromatic rings. The van der Waals surface area contributed by atoms with Crippen LogP contribution in [0.5, 0.6) is 0 Å². The number of nitrogens with two attached hydrogens (primary N) is 1. The van der Waals surface area contributed by atoms with Gasteiger partial charge in [0, 0.05) is 16.7 Å². The Bertz CT molecular complexity index is 765. The molecular weight excluding hydrogens is 308 g/mol. The van der Waals surface area contributed by atoms with Crippen LogP contribution in [0.25, 0.3) is 0 Å². The minimum absolute atomic E-state index is 0.154. The third kappa shape index (κ3) is 2.30. The number of nitrogens with zero attached hydrogens (tertiary/aromatic N) is 1. The Morgan fingerprint density at radius 3 is 2.04 bits per heavy atom. The van der Waals surface area contributed by atoms with Gasteiger partial charge in [0.05, 0.1) is 5.69 Å². The van der Waals surface area contributed by atoms with Crippen LogP contribution < -0.4 is 10.6 Å². The van der Waals surface area contributed by atoms with Gasteiger partial charge in [-0.05, 0) is 69.2 Å². The van der Waals surface area contributed by atoms with E-state index >= 15 is 0 Å². The minimum Gasteiger partial charge on any atom is -0.389 e. The Morgan fingerprint density at radius 2 is 1.57 bits per heavy atom. The molecule has 3 rings (SSSR count). The van der Waals surface area contributed by atoms with E-state index in [-0.39, 0.29) is 11.8 Å². The fourth-order valence-electron chi connectivity index (χ4n) is 3.61. The number of imide groups is 1. The van der Waals surface area contributed by atoms with E-state index in [1.54, 1.807) is 0 Å². The Kier molecular flexibility index (Phi) is 3.84. The number of rotatable bonds is 2. The molecule has 0 bridgehead atoms. The van der Waals surface area contributed by atoms with Crippen molar-refractivity contribution < 1.29 is 9.59 Å². The maximum Gasteiger partial charge on any atom is 0.261 e. The van der Waals surface area contributed by atoms with Crippen LogP contribution in [0.15, 0.2) is 17.2 Å². The Labute approximate surface area is 141 Å². The zero-order valence-electron chi connectivity index (χ0n) is 13.7. The lowest BCUT2D eigenvalue weighted by Gasteiger charge is -2.23. The molecule has 1 aromatic carbocycles. The van der Waals surface area contributed by atoms with Gasteiger partial charge in [-0.1, -0.05) is 12.2 Å². The predicted octanol–water partition coefficient (Wildman–Crippen LogP) is 2.99. The van der Waals surface area contributed by atoms with E-state index in [0.717, 1.165) is 35.1 Å². The fraction of sp³-hybridized carbons (Fsp3) is 0.389. The topological polar surface area (TPSA) is 63.4 Å². The summed E-state index contributed by atoms with van der Waals surface area (Å²) in [5.41, 5.74) is 11.3. The van der Waals surface area contributed by atoms with E-state index in [4.69, 9.17) is 18.0 Å². The Morgan fingerprint density at radius 1 is 1.04 bits per heavy atom. The van der Waals surface area contributed by atoms with Crippen LogP contribution >= 0.6 is 12.2 Å². The Hall–Kier alpha value is -2.01. The first-order chi connectivity index (χ1) is 10.8. The smallest absolute Gasteiger partial charge is 0.261 e. The number of hydrogen-bond acceptors (Lipinski definition) is 3. The van der Waals surface area contributed by atoms with Gasteiger partial charge in [0.25, 0.3) is 11.8 Å². The lowest BCUT2D eigenvalue weighted by molar-refractivity contribution is -0.120. The van der Waals surface area contributed by atoms with E-state index in [9.17, 15) is 9.59 Å². The SMILES string of the molecule is Cc1cc(C(N)=S)c(C)c(C)c1N1C(=O)C2=C(CCCC2)C1=O. The van der Waals surface area contributed by atoms with Gasteiger partial charge >= 0.3 is 0 Å². The molecule has 0 unspecified atom stereocenters. The predicted molar refractivity (Wildman–Crippen MR) is 94.5 cm³/mol. The largest absolute Gasteiger partial charge is 0.389 e. The molecule has 1 aliphatic carbocycles. The van der Waals surface area contributed by atoms with Crippen molar-refractivity contribution in [2.24, 2.45) is 5.73 Å². The van der Waals surface area contributed by atoms with Crippen molar-refractivity contribution in [1.29, 1.82) is 0 Å². The van der Waals surface area contributed by atoms with Crippen LogP contribution in [-0.2, 0) is 9.59 Å². The summed E-state index contributed by atoms with van der Waals surface area (Å²) in [5.74, 6) is -0.309. The third-order valence-corrected chi connectivity index (χ3v) is 5.16. The van der Waals surface area contributed by atoms with Crippen LogP contribution in [0.4, 0.5) is 5.69 Å². The first-order valence-corrected chi connectivity index (χ1v) is 8.26. The number of carbonyl (C=O) groups excluding carboxylic acids is 2. The van der Waals surface area contributed by atoms with Gasteiger partial charge in [0.15, 0.2) is 0 Å². The molecule has 23 heavy (non-hydrogen) atoms. The highest BCUT2D eigenvalue weighted by Gasteiger charge is 2.41. The normalized spacial score (nSPS) is 17.8. The van der Waals surface area contributed by atoms with E-state index < -0.39 is 0 Å². The van der Waals surface area contributed by atoms with E-state index in [0.29, 0.717) is 34.7 Å². The second-order valence-corrected chi connectivity index (χ2v) is 6.75. The third-order valence-electron chi connectivity index (χ3n) is 4.94. The van der Waals surface area contributed by atoms with Gasteiger partial charge in [-0.15, -0.1) is 0 Å². The number of anilines is 1. The number of amides is 2. The van der Waals surface area contributed by atoms with Crippen molar-refractivity contribution >= 4 is 34.7 Å². The molecule has 2 aliphatic rings. The van der Waals surface area contributed by atoms with Crippen LogP contribution in [0.2, 0.25) is 0 Å². The second-order valence-electron chi connectivity index (χ2n) is 6.31. The van der Waals surface area contributed by atoms with E-state index in [2.05, 4.69) is 0 Å². The lowest BCUT2D eigenvalue weighted by Crippen LogP contribution is -2.33. The van der Waals surface area contributed by atoms with Crippen LogP contribution in [0.1, 0.15) is 47.9 Å². The molecule has 5 heteroatoms. The average molecular weight is 328 g/mol. The molecule has 0 saturated carbocycles. The lowest BCUT2D eigenvalue weighted by atomic mass is 9.93. The minimum atomic E-state index is -0.154. The standard InChI is InChI=1S/C18H20N2O2S/c1-9-8-14(16(19)23)10(2)11(3)15(9)20-17(21)12-6-4-5-7-13(12)18(20)22/h8H,4-7H2,1-3H3,(H2,19,23). The van der Waals surface area contributed by atoms with Crippen molar-refractivity contribution in [3.8, 4) is 0 Å². The van der Waals surface area contributed by atoms with E-state index in [1.807, 2.05) is 26.8 Å². The second kappa shape index (κ2) is 5.57. The molecular formula is C18H20N2O2S. The fourth-order valence-corrected chi connectivity index (χ4v) is 3.82. The summed E-state index contributed by atoms with van der Waals surface area (Å²) in [5, 5.41) is 0. The van der Waals surface area contributed by atoms with Crippen molar-refractivity contribution in [2.45, 2.75) is 46.5 Å². The number of thiocarbonyl (C=S) groups is 1. The molecule has 0 radical (unpaired) electrons. The van der Waals surface area contributed by atoms with Gasteiger partial charge in [-0.3, -0.25) is 9.59 Å². The van der Waals surface area contributed by atoms with Gasteiger partial charge < -0.3 is 5.73 Å². The summed E-state index contributed by atoms with van der Waals surface area (Å²) in [6.45, 7) is 5.73. The molecule has 0 fully saturated rings.